The molecule has 1 fully saturated rings. The summed E-state index contributed by atoms with van der Waals surface area (Å²) in [6.45, 7) is 3.12. The number of fused-ring (bicyclic) bond motifs is 1. The first-order chi connectivity index (χ1) is 12.5. The number of hydrogen-bond donors (Lipinski definition) is 1. The van der Waals surface area contributed by atoms with Crippen molar-refractivity contribution in [3.63, 3.8) is 0 Å². The third-order valence-corrected chi connectivity index (χ3v) is 5.22. The monoisotopic (exact) mass is 373 g/mol. The Morgan fingerprint density at radius 3 is 2.81 bits per heavy atom. The third-order valence-electron chi connectivity index (χ3n) is 5.00. The lowest BCUT2D eigenvalue weighted by atomic mass is 10.1. The van der Waals surface area contributed by atoms with Crippen molar-refractivity contribution >= 4 is 28.6 Å². The molecule has 0 saturated carbocycles. The average Bonchev–Trinajstić information content (AvgIpc) is 3.03. The lowest BCUT2D eigenvalue weighted by Crippen LogP contribution is -2.50. The smallest absolute Gasteiger partial charge is 0.207 e. The van der Waals surface area contributed by atoms with Crippen LogP contribution in [0.5, 0.6) is 0 Å². The van der Waals surface area contributed by atoms with E-state index in [2.05, 4.69) is 21.4 Å². The maximum atomic E-state index is 13.8. The topological polar surface area (TPSA) is 60.0 Å². The fraction of sp³-hybridized carbons (Fsp3) is 0.368. The number of nitrogens with two attached hydrogens (primary N) is 1. The molecule has 3 atom stereocenters. The second-order valence-electron chi connectivity index (χ2n) is 6.76. The summed E-state index contributed by atoms with van der Waals surface area (Å²) in [4.78, 5) is 11.4. The van der Waals surface area contributed by atoms with Crippen LogP contribution in [0.3, 0.4) is 0 Å². The number of imidazole rings is 1. The SMILES string of the molecule is CC(c1ccc(Cl)cn1)n1c(N2CC[C@@H](F)[C@H](N)C2)nc2ccccc21. The van der Waals surface area contributed by atoms with Crippen molar-refractivity contribution < 1.29 is 4.39 Å². The molecule has 0 aliphatic carbocycles. The molecule has 2 aromatic heterocycles. The van der Waals surface area contributed by atoms with Gasteiger partial charge in [0.05, 0.1) is 33.8 Å². The Morgan fingerprint density at radius 1 is 1.27 bits per heavy atom. The molecule has 1 aromatic carbocycles. The van der Waals surface area contributed by atoms with E-state index in [0.29, 0.717) is 24.5 Å². The maximum Gasteiger partial charge on any atom is 0.207 e. The second-order valence-corrected chi connectivity index (χ2v) is 7.20. The number of benzene rings is 1. The van der Waals surface area contributed by atoms with E-state index < -0.39 is 12.2 Å². The lowest BCUT2D eigenvalue weighted by Gasteiger charge is -2.34. The van der Waals surface area contributed by atoms with Crippen molar-refractivity contribution in [3.8, 4) is 0 Å². The number of aromatic nitrogens is 3. The van der Waals surface area contributed by atoms with Crippen LogP contribution in [0.15, 0.2) is 42.6 Å². The van der Waals surface area contributed by atoms with Gasteiger partial charge in [0.1, 0.15) is 6.17 Å². The summed E-state index contributed by atoms with van der Waals surface area (Å²) in [6.07, 6.45) is 1.11. The first kappa shape index (κ1) is 17.2. The lowest BCUT2D eigenvalue weighted by molar-refractivity contribution is 0.243. The molecule has 0 amide bonds. The van der Waals surface area contributed by atoms with E-state index in [0.717, 1.165) is 22.7 Å². The van der Waals surface area contributed by atoms with Crippen LogP contribution < -0.4 is 10.6 Å². The van der Waals surface area contributed by atoms with Crippen LogP contribution in [-0.2, 0) is 0 Å². The zero-order chi connectivity index (χ0) is 18.3. The van der Waals surface area contributed by atoms with Crippen LogP contribution >= 0.6 is 11.6 Å². The number of hydrogen-bond acceptors (Lipinski definition) is 4. The fourth-order valence-corrected chi connectivity index (χ4v) is 3.65. The predicted octanol–water partition coefficient (Wildman–Crippen LogP) is 3.57. The molecule has 136 valence electrons. The summed E-state index contributed by atoms with van der Waals surface area (Å²) in [5, 5.41) is 0.604. The van der Waals surface area contributed by atoms with E-state index in [1.807, 2.05) is 36.4 Å². The van der Waals surface area contributed by atoms with Crippen LogP contribution in [0.4, 0.5) is 10.3 Å². The molecule has 26 heavy (non-hydrogen) atoms. The second kappa shape index (κ2) is 6.85. The first-order valence-electron chi connectivity index (χ1n) is 8.77. The van der Waals surface area contributed by atoms with E-state index in [1.54, 1.807) is 6.20 Å². The van der Waals surface area contributed by atoms with Crippen molar-refractivity contribution in [2.75, 3.05) is 18.0 Å². The van der Waals surface area contributed by atoms with Gasteiger partial charge in [0.15, 0.2) is 0 Å². The Bertz CT molecular complexity index is 910. The third kappa shape index (κ3) is 3.04. The minimum Gasteiger partial charge on any atom is -0.340 e. The van der Waals surface area contributed by atoms with E-state index in [9.17, 15) is 4.39 Å². The minimum atomic E-state index is -0.959. The number of pyridine rings is 1. The molecule has 0 radical (unpaired) electrons. The molecule has 3 aromatic rings. The largest absolute Gasteiger partial charge is 0.340 e. The Kier molecular flexibility index (Phi) is 4.54. The summed E-state index contributed by atoms with van der Waals surface area (Å²) in [6, 6.07) is 11.2. The number of halogens is 2. The molecular weight excluding hydrogens is 353 g/mol. The van der Waals surface area contributed by atoms with Crippen molar-refractivity contribution in [3.05, 3.63) is 53.3 Å². The van der Waals surface area contributed by atoms with E-state index >= 15 is 0 Å². The van der Waals surface area contributed by atoms with Gasteiger partial charge in [0.2, 0.25) is 5.95 Å². The molecule has 2 N–H and O–H groups in total. The number of anilines is 1. The molecule has 1 aliphatic rings. The van der Waals surface area contributed by atoms with Crippen LogP contribution in [0.1, 0.15) is 25.1 Å². The van der Waals surface area contributed by atoms with Crippen LogP contribution in [0, 0.1) is 0 Å². The summed E-state index contributed by atoms with van der Waals surface area (Å²) < 4.78 is 16.0. The van der Waals surface area contributed by atoms with Crippen molar-refractivity contribution in [2.45, 2.75) is 31.6 Å². The van der Waals surface area contributed by atoms with Gasteiger partial charge in [-0.05, 0) is 37.6 Å². The Hall–Kier alpha value is -2.18. The number of rotatable bonds is 3. The molecule has 3 heterocycles. The Balaban J connectivity index is 1.80. The highest BCUT2D eigenvalue weighted by Crippen LogP contribution is 2.31. The summed E-state index contributed by atoms with van der Waals surface area (Å²) >= 11 is 5.98. The number of para-hydroxylation sites is 2. The number of nitrogens with zero attached hydrogens (tertiary/aromatic N) is 4. The Labute approximate surface area is 156 Å². The zero-order valence-electron chi connectivity index (χ0n) is 14.5. The standard InChI is InChI=1S/C19H21ClFN5/c1-12(16-7-6-13(20)10-23-16)26-18-5-3-2-4-17(18)24-19(26)25-9-8-14(21)15(22)11-25/h2-7,10,12,14-15H,8-9,11,22H2,1H3/t12?,14-,15-/m1/s1. The minimum absolute atomic E-state index is 0.0472. The number of piperidine rings is 1. The van der Waals surface area contributed by atoms with E-state index in [4.69, 9.17) is 22.3 Å². The highest BCUT2D eigenvalue weighted by molar-refractivity contribution is 6.30. The van der Waals surface area contributed by atoms with Gasteiger partial charge in [-0.2, -0.15) is 0 Å². The average molecular weight is 374 g/mol. The fourth-order valence-electron chi connectivity index (χ4n) is 3.54. The molecule has 1 unspecified atom stereocenters. The van der Waals surface area contributed by atoms with Crippen LogP contribution in [-0.4, -0.2) is 39.8 Å². The first-order valence-corrected chi connectivity index (χ1v) is 9.15. The quantitative estimate of drug-likeness (QED) is 0.762. The van der Waals surface area contributed by atoms with E-state index in [1.165, 1.54) is 0 Å². The molecule has 1 saturated heterocycles. The van der Waals surface area contributed by atoms with Gasteiger partial charge < -0.3 is 15.2 Å². The van der Waals surface area contributed by atoms with Gasteiger partial charge in [0, 0.05) is 19.3 Å². The van der Waals surface area contributed by atoms with Gasteiger partial charge in [0.25, 0.3) is 0 Å². The number of alkyl halides is 1. The maximum absolute atomic E-state index is 13.8. The normalized spacial score (nSPS) is 21.9. The molecular formula is C19H21ClFN5. The molecule has 1 aliphatic heterocycles. The predicted molar refractivity (Wildman–Crippen MR) is 102 cm³/mol. The summed E-state index contributed by atoms with van der Waals surface area (Å²) in [5.41, 5.74) is 8.78. The molecule has 5 nitrogen and oxygen atoms in total. The molecule has 0 bridgehead atoms. The summed E-state index contributed by atoms with van der Waals surface area (Å²) in [7, 11) is 0. The van der Waals surface area contributed by atoms with E-state index in [-0.39, 0.29) is 6.04 Å². The highest BCUT2D eigenvalue weighted by atomic mass is 35.5. The van der Waals surface area contributed by atoms with Crippen molar-refractivity contribution in [1.29, 1.82) is 0 Å². The zero-order valence-corrected chi connectivity index (χ0v) is 15.3. The van der Waals surface area contributed by atoms with Gasteiger partial charge in [-0.15, -0.1) is 0 Å². The molecule has 7 heteroatoms. The highest BCUT2D eigenvalue weighted by Gasteiger charge is 2.30. The van der Waals surface area contributed by atoms with Crippen molar-refractivity contribution in [1.82, 2.24) is 14.5 Å². The Morgan fingerprint density at radius 2 is 2.08 bits per heavy atom. The van der Waals surface area contributed by atoms with Crippen LogP contribution in [0.25, 0.3) is 11.0 Å². The van der Waals surface area contributed by atoms with Gasteiger partial charge in [-0.25, -0.2) is 9.37 Å². The molecule has 0 spiro atoms. The van der Waals surface area contributed by atoms with Gasteiger partial charge in [-0.1, -0.05) is 23.7 Å². The van der Waals surface area contributed by atoms with Crippen LogP contribution in [0.2, 0.25) is 5.02 Å². The van der Waals surface area contributed by atoms with Crippen molar-refractivity contribution in [2.24, 2.45) is 5.73 Å². The van der Waals surface area contributed by atoms with Gasteiger partial charge in [-0.3, -0.25) is 4.98 Å². The summed E-state index contributed by atoms with van der Waals surface area (Å²) in [5.74, 6) is 0.804. The molecule has 4 rings (SSSR count). The van der Waals surface area contributed by atoms with Gasteiger partial charge >= 0.3 is 0 Å².